The van der Waals surface area contributed by atoms with Crippen molar-refractivity contribution in [2.45, 2.75) is 25.8 Å². The summed E-state index contributed by atoms with van der Waals surface area (Å²) in [6.45, 7) is 3.98. The van der Waals surface area contributed by atoms with E-state index in [0.717, 1.165) is 15.8 Å². The van der Waals surface area contributed by atoms with Crippen molar-refractivity contribution in [3.63, 3.8) is 0 Å². The Morgan fingerprint density at radius 1 is 1.37 bits per heavy atom. The van der Waals surface area contributed by atoms with Crippen LogP contribution in [-0.4, -0.2) is 17.3 Å². The number of ether oxygens (including phenoxy) is 1. The van der Waals surface area contributed by atoms with Crippen LogP contribution in [0, 0.1) is 0 Å². The second-order valence-electron chi connectivity index (χ2n) is 4.51. The van der Waals surface area contributed by atoms with Gasteiger partial charge in [-0.15, -0.1) is 0 Å². The average Bonchev–Trinajstić information content (AvgIpc) is 2.88. The smallest absolute Gasteiger partial charge is 0.229 e. The number of nitrogens with zero attached hydrogens (tertiary/aromatic N) is 2. The first-order chi connectivity index (χ1) is 9.02. The van der Waals surface area contributed by atoms with E-state index < -0.39 is 6.04 Å². The summed E-state index contributed by atoms with van der Waals surface area (Å²) in [5.74, 6) is 1.98. The Morgan fingerprint density at radius 2 is 2.11 bits per heavy atom. The number of hydrogen-bond acceptors (Lipinski definition) is 5. The van der Waals surface area contributed by atoms with Crippen LogP contribution in [0.1, 0.15) is 43.1 Å². The maximum absolute atomic E-state index is 6.18. The standard InChI is InChI=1S/C13H16BrN3O2/c1-7(2)13-16-12(17-19-13)11(15)9-6-8(18-3)4-5-10(9)14/h4-7,11H,15H2,1-3H3. The highest BCUT2D eigenvalue weighted by Gasteiger charge is 2.20. The minimum atomic E-state index is -0.458. The van der Waals surface area contributed by atoms with Gasteiger partial charge in [0, 0.05) is 10.4 Å². The monoisotopic (exact) mass is 325 g/mol. The Kier molecular flexibility index (Phi) is 4.21. The molecule has 0 spiro atoms. The lowest BCUT2D eigenvalue weighted by atomic mass is 10.1. The zero-order valence-corrected chi connectivity index (χ0v) is 12.6. The molecule has 1 unspecified atom stereocenters. The summed E-state index contributed by atoms with van der Waals surface area (Å²) in [7, 11) is 1.61. The number of benzene rings is 1. The lowest BCUT2D eigenvalue weighted by molar-refractivity contribution is 0.359. The van der Waals surface area contributed by atoms with Crippen LogP contribution >= 0.6 is 15.9 Å². The van der Waals surface area contributed by atoms with Crippen LogP contribution < -0.4 is 10.5 Å². The molecule has 1 aromatic carbocycles. The number of rotatable bonds is 4. The predicted molar refractivity (Wildman–Crippen MR) is 75.1 cm³/mol. The fraction of sp³-hybridized carbons (Fsp3) is 0.385. The van der Waals surface area contributed by atoms with Gasteiger partial charge < -0.3 is 15.0 Å². The first-order valence-electron chi connectivity index (χ1n) is 5.95. The molecule has 1 aromatic heterocycles. The Bertz CT molecular complexity index is 569. The van der Waals surface area contributed by atoms with E-state index in [1.807, 2.05) is 32.0 Å². The van der Waals surface area contributed by atoms with Crippen LogP contribution in [0.5, 0.6) is 5.75 Å². The van der Waals surface area contributed by atoms with Gasteiger partial charge in [-0.25, -0.2) is 0 Å². The maximum atomic E-state index is 6.18. The Balaban J connectivity index is 2.34. The predicted octanol–water partition coefficient (Wildman–Crippen LogP) is 3.01. The summed E-state index contributed by atoms with van der Waals surface area (Å²) in [4.78, 5) is 4.32. The lowest BCUT2D eigenvalue weighted by Gasteiger charge is -2.11. The highest BCUT2D eigenvalue weighted by atomic mass is 79.9. The van der Waals surface area contributed by atoms with Gasteiger partial charge in [0.25, 0.3) is 0 Å². The molecule has 0 aliphatic rings. The second kappa shape index (κ2) is 5.71. The SMILES string of the molecule is COc1ccc(Br)c(C(N)c2noc(C(C)C)n2)c1. The van der Waals surface area contributed by atoms with E-state index in [4.69, 9.17) is 15.0 Å². The van der Waals surface area contributed by atoms with E-state index in [9.17, 15) is 0 Å². The third-order valence-corrected chi connectivity index (χ3v) is 3.49. The topological polar surface area (TPSA) is 74.2 Å². The van der Waals surface area contributed by atoms with Gasteiger partial charge in [0.15, 0.2) is 5.82 Å². The van der Waals surface area contributed by atoms with Crippen molar-refractivity contribution in [3.05, 3.63) is 40.0 Å². The minimum absolute atomic E-state index is 0.183. The Labute approximate surface area is 120 Å². The van der Waals surface area contributed by atoms with Crippen molar-refractivity contribution in [2.75, 3.05) is 7.11 Å². The summed E-state index contributed by atoms with van der Waals surface area (Å²) in [5, 5.41) is 3.94. The molecule has 6 heteroatoms. The average molecular weight is 326 g/mol. The molecule has 1 heterocycles. The quantitative estimate of drug-likeness (QED) is 0.935. The summed E-state index contributed by atoms with van der Waals surface area (Å²) in [6.07, 6.45) is 0. The van der Waals surface area contributed by atoms with Gasteiger partial charge in [-0.1, -0.05) is 34.9 Å². The zero-order valence-electron chi connectivity index (χ0n) is 11.1. The first kappa shape index (κ1) is 14.0. The van der Waals surface area contributed by atoms with E-state index in [0.29, 0.717) is 11.7 Å². The van der Waals surface area contributed by atoms with Gasteiger partial charge in [-0.2, -0.15) is 4.98 Å². The zero-order chi connectivity index (χ0) is 14.0. The summed E-state index contributed by atoms with van der Waals surface area (Å²) < 4.78 is 11.3. The molecule has 102 valence electrons. The molecule has 0 saturated carbocycles. The van der Waals surface area contributed by atoms with E-state index in [1.54, 1.807) is 7.11 Å². The van der Waals surface area contributed by atoms with Crippen molar-refractivity contribution in [1.82, 2.24) is 10.1 Å². The molecular weight excluding hydrogens is 310 g/mol. The van der Waals surface area contributed by atoms with Crippen molar-refractivity contribution in [1.29, 1.82) is 0 Å². The number of hydrogen-bond donors (Lipinski definition) is 1. The number of methoxy groups -OCH3 is 1. The molecular formula is C13H16BrN3O2. The fourth-order valence-electron chi connectivity index (χ4n) is 1.63. The minimum Gasteiger partial charge on any atom is -0.497 e. The van der Waals surface area contributed by atoms with E-state index >= 15 is 0 Å². The highest BCUT2D eigenvalue weighted by molar-refractivity contribution is 9.10. The summed E-state index contributed by atoms with van der Waals surface area (Å²) >= 11 is 3.47. The molecule has 19 heavy (non-hydrogen) atoms. The molecule has 5 nitrogen and oxygen atoms in total. The Morgan fingerprint density at radius 3 is 2.68 bits per heavy atom. The largest absolute Gasteiger partial charge is 0.497 e. The number of nitrogens with two attached hydrogens (primary N) is 1. The van der Waals surface area contributed by atoms with Crippen LogP contribution in [0.25, 0.3) is 0 Å². The third kappa shape index (κ3) is 2.96. The molecule has 0 aliphatic heterocycles. The third-order valence-electron chi connectivity index (χ3n) is 2.77. The first-order valence-corrected chi connectivity index (χ1v) is 6.74. The van der Waals surface area contributed by atoms with Gasteiger partial charge in [0.2, 0.25) is 5.89 Å². The van der Waals surface area contributed by atoms with Gasteiger partial charge in [-0.3, -0.25) is 0 Å². The molecule has 2 rings (SSSR count). The summed E-state index contributed by atoms with van der Waals surface area (Å²) in [5.41, 5.74) is 7.04. The number of aromatic nitrogens is 2. The van der Waals surface area contributed by atoms with Crippen LogP contribution in [0.15, 0.2) is 27.2 Å². The molecule has 0 amide bonds. The van der Waals surface area contributed by atoms with Crippen molar-refractivity contribution in [3.8, 4) is 5.75 Å². The molecule has 0 fully saturated rings. The van der Waals surface area contributed by atoms with Crippen molar-refractivity contribution < 1.29 is 9.26 Å². The molecule has 2 N–H and O–H groups in total. The van der Waals surface area contributed by atoms with Crippen molar-refractivity contribution >= 4 is 15.9 Å². The van der Waals surface area contributed by atoms with Gasteiger partial charge in [0.05, 0.1) is 13.2 Å². The molecule has 0 bridgehead atoms. The molecule has 0 radical (unpaired) electrons. The maximum Gasteiger partial charge on any atom is 0.229 e. The van der Waals surface area contributed by atoms with Crippen LogP contribution in [-0.2, 0) is 0 Å². The highest BCUT2D eigenvalue weighted by Crippen LogP contribution is 2.29. The van der Waals surface area contributed by atoms with Gasteiger partial charge in [-0.05, 0) is 23.8 Å². The fourth-order valence-corrected chi connectivity index (χ4v) is 2.13. The van der Waals surface area contributed by atoms with E-state index in [1.165, 1.54) is 0 Å². The second-order valence-corrected chi connectivity index (χ2v) is 5.36. The molecule has 2 aromatic rings. The molecule has 0 saturated heterocycles. The van der Waals surface area contributed by atoms with Crippen LogP contribution in [0.4, 0.5) is 0 Å². The van der Waals surface area contributed by atoms with Crippen molar-refractivity contribution in [2.24, 2.45) is 5.73 Å². The number of halogens is 1. The van der Waals surface area contributed by atoms with Crippen LogP contribution in [0.2, 0.25) is 0 Å². The normalized spacial score (nSPS) is 12.7. The summed E-state index contributed by atoms with van der Waals surface area (Å²) in [6, 6.07) is 5.15. The lowest BCUT2D eigenvalue weighted by Crippen LogP contribution is -2.14. The van der Waals surface area contributed by atoms with E-state index in [-0.39, 0.29) is 5.92 Å². The van der Waals surface area contributed by atoms with Gasteiger partial charge >= 0.3 is 0 Å². The Hall–Kier alpha value is -1.40. The van der Waals surface area contributed by atoms with E-state index in [2.05, 4.69) is 26.1 Å². The van der Waals surface area contributed by atoms with Gasteiger partial charge in [0.1, 0.15) is 5.75 Å². The molecule has 0 aliphatic carbocycles. The van der Waals surface area contributed by atoms with Crippen LogP contribution in [0.3, 0.4) is 0 Å². The molecule has 1 atom stereocenters.